The molecule has 1 heterocycles. The lowest BCUT2D eigenvalue weighted by molar-refractivity contribution is 0.577. The molecule has 1 atom stereocenters. The molecule has 1 aromatic heterocycles. The van der Waals surface area contributed by atoms with Crippen LogP contribution < -0.4 is 11.4 Å². The largest absolute Gasteiger partial charge is 0.328 e. The molecule has 2 N–H and O–H groups in total. The van der Waals surface area contributed by atoms with E-state index in [1.165, 1.54) is 15.2 Å². The second-order valence-corrected chi connectivity index (χ2v) is 4.04. The third-order valence-corrected chi connectivity index (χ3v) is 2.58. The van der Waals surface area contributed by atoms with E-state index in [0.29, 0.717) is 17.6 Å². The van der Waals surface area contributed by atoms with Gasteiger partial charge in [-0.25, -0.2) is 9.18 Å². The fourth-order valence-corrected chi connectivity index (χ4v) is 1.90. The Balaban J connectivity index is 2.79. The second-order valence-electron chi connectivity index (χ2n) is 4.04. The van der Waals surface area contributed by atoms with Crippen LogP contribution in [0.2, 0.25) is 0 Å². The minimum Gasteiger partial charge on any atom is -0.326 e. The number of para-hydroxylation sites is 1. The molecule has 2 rings (SSSR count). The first-order valence-corrected chi connectivity index (χ1v) is 5.11. The average Bonchev–Trinajstić information content (AvgIpc) is 2.44. The topological polar surface area (TPSA) is 52.9 Å². The summed E-state index contributed by atoms with van der Waals surface area (Å²) in [6, 6.07) is 4.51. The molecule has 86 valence electrons. The van der Waals surface area contributed by atoms with Crippen LogP contribution in [0.15, 0.2) is 23.0 Å². The molecule has 0 spiro atoms. The second kappa shape index (κ2) is 3.75. The smallest absolute Gasteiger partial charge is 0.326 e. The van der Waals surface area contributed by atoms with Crippen molar-refractivity contribution in [2.45, 2.75) is 19.5 Å². The molecular formula is C11H14FN3O. The highest BCUT2D eigenvalue weighted by molar-refractivity contribution is 5.76. The summed E-state index contributed by atoms with van der Waals surface area (Å²) in [7, 11) is 1.56. The van der Waals surface area contributed by atoms with Crippen LogP contribution in [-0.2, 0) is 13.6 Å². The van der Waals surface area contributed by atoms with Gasteiger partial charge in [0.25, 0.3) is 0 Å². The number of rotatable bonds is 2. The molecular weight excluding hydrogens is 209 g/mol. The fraction of sp³-hybridized carbons (Fsp3) is 0.364. The molecule has 0 aliphatic heterocycles. The first-order chi connectivity index (χ1) is 7.52. The number of fused-ring (bicyclic) bond motifs is 1. The normalized spacial score (nSPS) is 13.2. The number of halogens is 1. The van der Waals surface area contributed by atoms with Gasteiger partial charge < -0.3 is 5.73 Å². The van der Waals surface area contributed by atoms with Crippen LogP contribution in [0, 0.1) is 5.82 Å². The van der Waals surface area contributed by atoms with Crippen LogP contribution in [0.4, 0.5) is 4.39 Å². The lowest BCUT2D eigenvalue weighted by atomic mass is 10.3. The summed E-state index contributed by atoms with van der Waals surface area (Å²) in [6.45, 7) is 2.20. The Morgan fingerprint density at radius 1 is 1.50 bits per heavy atom. The molecule has 0 saturated heterocycles. The van der Waals surface area contributed by atoms with Crippen LogP contribution in [0.3, 0.4) is 0 Å². The molecule has 4 nitrogen and oxygen atoms in total. The van der Waals surface area contributed by atoms with Gasteiger partial charge in [-0.2, -0.15) is 0 Å². The molecule has 1 unspecified atom stereocenters. The maximum atomic E-state index is 13.6. The number of nitrogens with zero attached hydrogens (tertiary/aromatic N) is 2. The summed E-state index contributed by atoms with van der Waals surface area (Å²) in [5, 5.41) is 0. The predicted octanol–water partition coefficient (Wildman–Crippen LogP) is 0.826. The van der Waals surface area contributed by atoms with Crippen LogP contribution >= 0.6 is 0 Å². The Kier molecular flexibility index (Phi) is 2.55. The number of hydrogen-bond donors (Lipinski definition) is 1. The highest BCUT2D eigenvalue weighted by Gasteiger charge is 2.14. The zero-order chi connectivity index (χ0) is 11.9. The first kappa shape index (κ1) is 10.9. The minimum atomic E-state index is -0.388. The lowest BCUT2D eigenvalue weighted by Gasteiger charge is -2.05. The third-order valence-electron chi connectivity index (χ3n) is 2.58. The van der Waals surface area contributed by atoms with Gasteiger partial charge in [0.15, 0.2) is 0 Å². The van der Waals surface area contributed by atoms with E-state index in [2.05, 4.69) is 0 Å². The van der Waals surface area contributed by atoms with E-state index in [1.54, 1.807) is 19.2 Å². The molecule has 0 aliphatic carbocycles. The van der Waals surface area contributed by atoms with Crippen molar-refractivity contribution in [2.75, 3.05) is 0 Å². The highest BCUT2D eigenvalue weighted by Crippen LogP contribution is 2.15. The van der Waals surface area contributed by atoms with Crippen molar-refractivity contribution in [1.82, 2.24) is 9.13 Å². The van der Waals surface area contributed by atoms with E-state index < -0.39 is 0 Å². The molecule has 0 aliphatic rings. The number of aromatic nitrogens is 2. The quantitative estimate of drug-likeness (QED) is 0.819. The maximum Gasteiger partial charge on any atom is 0.328 e. The Morgan fingerprint density at radius 2 is 2.19 bits per heavy atom. The van der Waals surface area contributed by atoms with E-state index in [0.717, 1.165) is 0 Å². The summed E-state index contributed by atoms with van der Waals surface area (Å²) < 4.78 is 16.4. The van der Waals surface area contributed by atoms with Gasteiger partial charge in [0.1, 0.15) is 11.3 Å². The molecule has 0 fully saturated rings. The van der Waals surface area contributed by atoms with Crippen molar-refractivity contribution < 1.29 is 4.39 Å². The third kappa shape index (κ3) is 1.53. The van der Waals surface area contributed by atoms with Gasteiger partial charge in [-0.15, -0.1) is 0 Å². The number of nitrogens with two attached hydrogens (primary N) is 1. The van der Waals surface area contributed by atoms with Crippen LogP contribution in [-0.4, -0.2) is 15.2 Å². The number of aryl methyl sites for hydroxylation is 1. The molecule has 0 saturated carbocycles. The Hall–Kier alpha value is -1.62. The molecule has 16 heavy (non-hydrogen) atoms. The number of imidazole rings is 1. The van der Waals surface area contributed by atoms with Crippen LogP contribution in [0.5, 0.6) is 0 Å². The lowest BCUT2D eigenvalue weighted by Crippen LogP contribution is -2.30. The van der Waals surface area contributed by atoms with Gasteiger partial charge in [-0.1, -0.05) is 6.07 Å². The molecule has 1 aromatic carbocycles. The van der Waals surface area contributed by atoms with Gasteiger partial charge in [-0.3, -0.25) is 9.13 Å². The van der Waals surface area contributed by atoms with Crippen LogP contribution in [0.1, 0.15) is 6.92 Å². The van der Waals surface area contributed by atoms with E-state index in [4.69, 9.17) is 5.73 Å². The van der Waals surface area contributed by atoms with E-state index in [-0.39, 0.29) is 17.5 Å². The van der Waals surface area contributed by atoms with Crippen molar-refractivity contribution in [1.29, 1.82) is 0 Å². The van der Waals surface area contributed by atoms with Gasteiger partial charge >= 0.3 is 5.69 Å². The van der Waals surface area contributed by atoms with Crippen molar-refractivity contribution >= 4 is 11.0 Å². The number of benzene rings is 1. The van der Waals surface area contributed by atoms with E-state index in [1.807, 2.05) is 6.92 Å². The van der Waals surface area contributed by atoms with Crippen molar-refractivity contribution in [3.8, 4) is 0 Å². The predicted molar refractivity (Wildman–Crippen MR) is 60.8 cm³/mol. The minimum absolute atomic E-state index is 0.147. The zero-order valence-corrected chi connectivity index (χ0v) is 9.27. The average molecular weight is 223 g/mol. The summed E-state index contributed by atoms with van der Waals surface area (Å²) in [4.78, 5) is 11.9. The maximum absolute atomic E-state index is 13.6. The van der Waals surface area contributed by atoms with Gasteiger partial charge in [-0.05, 0) is 19.1 Å². The SMILES string of the molecule is CC(N)Cn1c(=O)n(C)c2c(F)cccc21. The molecule has 2 aromatic rings. The Bertz CT molecular complexity index is 583. The molecule has 0 bridgehead atoms. The van der Waals surface area contributed by atoms with Crippen molar-refractivity contribution in [3.05, 3.63) is 34.5 Å². The van der Waals surface area contributed by atoms with Gasteiger partial charge in [0.2, 0.25) is 0 Å². The summed E-state index contributed by atoms with van der Waals surface area (Å²) >= 11 is 0. The van der Waals surface area contributed by atoms with Crippen molar-refractivity contribution in [3.63, 3.8) is 0 Å². The monoisotopic (exact) mass is 223 g/mol. The summed E-state index contributed by atoms with van der Waals surface area (Å²) in [5.74, 6) is -0.388. The van der Waals surface area contributed by atoms with Gasteiger partial charge in [0.05, 0.1) is 5.52 Å². The molecule has 0 radical (unpaired) electrons. The molecule has 5 heteroatoms. The standard InChI is InChI=1S/C11H14FN3O/c1-7(13)6-15-9-5-3-4-8(12)10(9)14(2)11(15)16/h3-5,7H,6,13H2,1-2H3. The van der Waals surface area contributed by atoms with E-state index in [9.17, 15) is 9.18 Å². The summed E-state index contributed by atoms with van der Waals surface area (Å²) in [5.41, 5.74) is 6.35. The number of hydrogen-bond acceptors (Lipinski definition) is 2. The Morgan fingerprint density at radius 3 is 2.81 bits per heavy atom. The summed E-state index contributed by atoms with van der Waals surface area (Å²) in [6.07, 6.45) is 0. The molecule has 0 amide bonds. The van der Waals surface area contributed by atoms with Gasteiger partial charge in [0, 0.05) is 19.6 Å². The Labute approximate surface area is 92.1 Å². The zero-order valence-electron chi connectivity index (χ0n) is 9.27. The highest BCUT2D eigenvalue weighted by atomic mass is 19.1. The first-order valence-electron chi connectivity index (χ1n) is 5.11. The van der Waals surface area contributed by atoms with Crippen LogP contribution in [0.25, 0.3) is 11.0 Å². The van der Waals surface area contributed by atoms with E-state index >= 15 is 0 Å². The fourth-order valence-electron chi connectivity index (χ4n) is 1.90. The van der Waals surface area contributed by atoms with Crippen molar-refractivity contribution in [2.24, 2.45) is 12.8 Å².